The van der Waals surface area contributed by atoms with Gasteiger partial charge in [-0.2, -0.15) is 0 Å². The molecule has 10 heteroatoms. The molecule has 4 rings (SSSR count). The zero-order chi connectivity index (χ0) is 26.6. The summed E-state index contributed by atoms with van der Waals surface area (Å²) >= 11 is 0. The average molecular weight is 525 g/mol. The Hall–Kier alpha value is -2.98. The lowest BCUT2D eigenvalue weighted by Gasteiger charge is -2.34. The summed E-state index contributed by atoms with van der Waals surface area (Å²) in [7, 11) is -1.16. The molecule has 0 atom stereocenters. The van der Waals surface area contributed by atoms with Gasteiger partial charge in [-0.25, -0.2) is 19.7 Å². The number of piperidine rings is 1. The topological polar surface area (TPSA) is 94.4 Å². The molecule has 4 heterocycles. The lowest BCUT2D eigenvalue weighted by molar-refractivity contribution is 0.0497. The standard InChI is InChI=1S/C27H40N6O3Si/c1-27(2,3)36-26(34)31-21-8-11-32(12-9-21)23-7-10-30-25-24(23)22(20-15-28-18-29-16-20)17-33(25)19-35-13-14-37(4,5)6/h7,10,15-18,21H,8-9,11-14,19H2,1-6H3,(H,31,34). The third-order valence-electron chi connectivity index (χ3n) is 6.39. The van der Waals surface area contributed by atoms with E-state index in [0.29, 0.717) is 6.73 Å². The van der Waals surface area contributed by atoms with Crippen LogP contribution in [0.4, 0.5) is 10.5 Å². The fourth-order valence-corrected chi connectivity index (χ4v) is 5.25. The third kappa shape index (κ3) is 7.29. The maximum atomic E-state index is 12.2. The van der Waals surface area contributed by atoms with E-state index < -0.39 is 13.7 Å². The highest BCUT2D eigenvalue weighted by Gasteiger charge is 2.26. The van der Waals surface area contributed by atoms with Crippen LogP contribution >= 0.6 is 0 Å². The SMILES string of the molecule is CC(C)(C)OC(=O)NC1CCN(c2ccnc3c2c(-c2cncnc2)cn3COCC[Si](C)(C)C)CC1. The molecule has 1 fully saturated rings. The number of anilines is 1. The van der Waals surface area contributed by atoms with Crippen LogP contribution in [-0.4, -0.2) is 65.0 Å². The van der Waals surface area contributed by atoms with E-state index in [-0.39, 0.29) is 12.1 Å². The maximum absolute atomic E-state index is 12.2. The number of carbonyl (C=O) groups is 1. The molecule has 0 bridgehead atoms. The van der Waals surface area contributed by atoms with E-state index in [1.165, 1.54) is 0 Å². The number of fused-ring (bicyclic) bond motifs is 1. The first-order valence-corrected chi connectivity index (χ1v) is 16.8. The monoisotopic (exact) mass is 524 g/mol. The first-order chi connectivity index (χ1) is 17.5. The first kappa shape index (κ1) is 27.1. The Balaban J connectivity index is 1.55. The predicted molar refractivity (Wildman–Crippen MR) is 149 cm³/mol. The lowest BCUT2D eigenvalue weighted by atomic mass is 10.0. The molecule has 1 aliphatic rings. The summed E-state index contributed by atoms with van der Waals surface area (Å²) in [5.74, 6) is 0. The van der Waals surface area contributed by atoms with E-state index in [4.69, 9.17) is 14.5 Å². The Morgan fingerprint density at radius 3 is 2.51 bits per heavy atom. The Labute approximate surface area is 220 Å². The molecule has 0 aromatic carbocycles. The Kier molecular flexibility index (Phi) is 8.18. The maximum Gasteiger partial charge on any atom is 0.407 e. The van der Waals surface area contributed by atoms with Crippen molar-refractivity contribution in [2.24, 2.45) is 0 Å². The van der Waals surface area contributed by atoms with Gasteiger partial charge in [0, 0.05) is 75.4 Å². The number of nitrogens with one attached hydrogen (secondary N) is 1. The summed E-state index contributed by atoms with van der Waals surface area (Å²) in [5, 5.41) is 4.10. The van der Waals surface area contributed by atoms with Gasteiger partial charge in [-0.05, 0) is 45.7 Å². The van der Waals surface area contributed by atoms with E-state index in [1.807, 2.05) is 39.4 Å². The van der Waals surface area contributed by atoms with Crippen LogP contribution in [0.5, 0.6) is 0 Å². The molecule has 0 unspecified atom stereocenters. The second-order valence-corrected chi connectivity index (χ2v) is 17.5. The van der Waals surface area contributed by atoms with Gasteiger partial charge in [0.25, 0.3) is 0 Å². The Bertz CT molecular complexity index is 1190. The Morgan fingerprint density at radius 2 is 1.86 bits per heavy atom. The molecular formula is C27H40N6O3Si. The minimum atomic E-state index is -1.16. The van der Waals surface area contributed by atoms with E-state index in [1.54, 1.807) is 6.33 Å². The molecule has 3 aromatic rings. The van der Waals surface area contributed by atoms with Crippen molar-refractivity contribution in [1.29, 1.82) is 0 Å². The summed E-state index contributed by atoms with van der Waals surface area (Å²) in [5.41, 5.74) is 3.50. The molecular weight excluding hydrogens is 484 g/mol. The molecule has 1 N–H and O–H groups in total. The van der Waals surface area contributed by atoms with Crippen molar-refractivity contribution < 1.29 is 14.3 Å². The number of aromatic nitrogens is 4. The number of hydrogen-bond acceptors (Lipinski definition) is 7. The highest BCUT2D eigenvalue weighted by Crippen LogP contribution is 2.37. The molecule has 1 amide bonds. The van der Waals surface area contributed by atoms with Crippen molar-refractivity contribution in [3.63, 3.8) is 0 Å². The predicted octanol–water partition coefficient (Wildman–Crippen LogP) is 5.30. The van der Waals surface area contributed by atoms with Crippen LogP contribution in [0.1, 0.15) is 33.6 Å². The van der Waals surface area contributed by atoms with Crippen LogP contribution in [0.25, 0.3) is 22.2 Å². The number of carbonyl (C=O) groups excluding carboxylic acids is 1. The quantitative estimate of drug-likeness (QED) is 0.316. The summed E-state index contributed by atoms with van der Waals surface area (Å²) in [6.45, 7) is 15.5. The van der Waals surface area contributed by atoms with Crippen LogP contribution in [0.15, 0.2) is 37.2 Å². The fraction of sp³-hybridized carbons (Fsp3) is 0.556. The van der Waals surface area contributed by atoms with Crippen LogP contribution in [0, 0.1) is 0 Å². The second-order valence-electron chi connectivity index (χ2n) is 11.9. The van der Waals surface area contributed by atoms with E-state index in [2.05, 4.69) is 56.7 Å². The molecule has 9 nitrogen and oxygen atoms in total. The van der Waals surface area contributed by atoms with Gasteiger partial charge in [-0.1, -0.05) is 19.6 Å². The van der Waals surface area contributed by atoms with Gasteiger partial charge >= 0.3 is 6.09 Å². The molecule has 0 aliphatic carbocycles. The number of ether oxygens (including phenoxy) is 2. The Morgan fingerprint density at radius 1 is 1.16 bits per heavy atom. The van der Waals surface area contributed by atoms with Crippen molar-refractivity contribution >= 4 is 30.9 Å². The van der Waals surface area contributed by atoms with Crippen molar-refractivity contribution in [3.8, 4) is 11.1 Å². The van der Waals surface area contributed by atoms with Crippen LogP contribution in [-0.2, 0) is 16.2 Å². The number of pyridine rings is 1. The third-order valence-corrected chi connectivity index (χ3v) is 8.09. The molecule has 1 saturated heterocycles. The van der Waals surface area contributed by atoms with Crippen molar-refractivity contribution in [3.05, 3.63) is 37.2 Å². The lowest BCUT2D eigenvalue weighted by Crippen LogP contribution is -2.46. The second kappa shape index (κ2) is 11.2. The normalized spacial score (nSPS) is 15.2. The van der Waals surface area contributed by atoms with Gasteiger partial charge in [0.05, 0.1) is 5.39 Å². The number of hydrogen-bond donors (Lipinski definition) is 1. The molecule has 1 aliphatic heterocycles. The van der Waals surface area contributed by atoms with E-state index in [0.717, 1.165) is 66.4 Å². The van der Waals surface area contributed by atoms with Gasteiger partial charge in [0.2, 0.25) is 0 Å². The minimum Gasteiger partial charge on any atom is -0.444 e. The average Bonchev–Trinajstić information content (AvgIpc) is 3.20. The fourth-order valence-electron chi connectivity index (χ4n) is 4.50. The number of rotatable bonds is 8. The van der Waals surface area contributed by atoms with E-state index >= 15 is 0 Å². The minimum absolute atomic E-state index is 0.0924. The van der Waals surface area contributed by atoms with Crippen molar-refractivity contribution in [1.82, 2.24) is 24.8 Å². The van der Waals surface area contributed by atoms with Crippen molar-refractivity contribution in [2.75, 3.05) is 24.6 Å². The van der Waals surface area contributed by atoms with E-state index in [9.17, 15) is 4.79 Å². The van der Waals surface area contributed by atoms with Gasteiger partial charge < -0.3 is 24.3 Å². The van der Waals surface area contributed by atoms with Gasteiger partial charge in [-0.3, -0.25) is 0 Å². The summed E-state index contributed by atoms with van der Waals surface area (Å²) in [6, 6.07) is 3.29. The molecule has 3 aromatic heterocycles. The highest BCUT2D eigenvalue weighted by atomic mass is 28.3. The molecule has 200 valence electrons. The first-order valence-electron chi connectivity index (χ1n) is 13.1. The van der Waals surface area contributed by atoms with Crippen LogP contribution in [0.2, 0.25) is 25.7 Å². The number of alkyl carbamates (subject to hydrolysis) is 1. The van der Waals surface area contributed by atoms with Gasteiger partial charge in [-0.15, -0.1) is 0 Å². The molecule has 37 heavy (non-hydrogen) atoms. The van der Waals surface area contributed by atoms with Crippen LogP contribution in [0.3, 0.4) is 0 Å². The number of nitrogens with zero attached hydrogens (tertiary/aromatic N) is 5. The highest BCUT2D eigenvalue weighted by molar-refractivity contribution is 6.76. The van der Waals surface area contributed by atoms with Crippen molar-refractivity contribution in [2.45, 2.75) is 77.7 Å². The summed E-state index contributed by atoms with van der Waals surface area (Å²) in [4.78, 5) is 27.9. The zero-order valence-corrected chi connectivity index (χ0v) is 24.0. The zero-order valence-electron chi connectivity index (χ0n) is 23.0. The summed E-state index contributed by atoms with van der Waals surface area (Å²) < 4.78 is 13.6. The van der Waals surface area contributed by atoms with Gasteiger partial charge in [0.1, 0.15) is 24.3 Å². The largest absolute Gasteiger partial charge is 0.444 e. The number of amides is 1. The molecule has 0 spiro atoms. The smallest absolute Gasteiger partial charge is 0.407 e. The summed E-state index contributed by atoms with van der Waals surface area (Å²) in [6.07, 6.45) is 10.5. The molecule has 0 radical (unpaired) electrons. The molecule has 0 saturated carbocycles. The van der Waals surface area contributed by atoms with Crippen LogP contribution < -0.4 is 10.2 Å². The van der Waals surface area contributed by atoms with Gasteiger partial charge in [0.15, 0.2) is 0 Å².